The van der Waals surface area contributed by atoms with Crippen LogP contribution < -0.4 is 10.2 Å². The van der Waals surface area contributed by atoms with E-state index < -0.39 is 0 Å². The molecule has 1 N–H and O–H groups in total. The Kier molecular flexibility index (Phi) is 4.48. The highest BCUT2D eigenvalue weighted by Gasteiger charge is 2.40. The van der Waals surface area contributed by atoms with E-state index in [1.165, 1.54) is 19.3 Å². The van der Waals surface area contributed by atoms with Crippen molar-refractivity contribution in [3.8, 4) is 0 Å². The zero-order valence-electron chi connectivity index (χ0n) is 13.4. The van der Waals surface area contributed by atoms with Gasteiger partial charge in [0.1, 0.15) is 18.0 Å². The monoisotopic (exact) mass is 277 g/mol. The average molecular weight is 277 g/mol. The molecule has 5 nitrogen and oxygen atoms in total. The number of hydrogen-bond acceptors (Lipinski definition) is 5. The van der Waals surface area contributed by atoms with Gasteiger partial charge in [-0.05, 0) is 47.2 Å². The Labute approximate surface area is 122 Å². The minimum absolute atomic E-state index is 0.310. The van der Waals surface area contributed by atoms with Crippen LogP contribution in [0.15, 0.2) is 6.33 Å². The highest BCUT2D eigenvalue weighted by atomic mass is 15.3. The molecule has 1 aromatic rings. The van der Waals surface area contributed by atoms with Gasteiger partial charge >= 0.3 is 0 Å². The van der Waals surface area contributed by atoms with Gasteiger partial charge in [0.25, 0.3) is 0 Å². The molecule has 1 aliphatic rings. The SMILES string of the molecule is CCNc1ncnc(N(C)CC2(N(C)C)CCC2)c1C. The van der Waals surface area contributed by atoms with E-state index in [4.69, 9.17) is 0 Å². The van der Waals surface area contributed by atoms with Crippen molar-refractivity contribution < 1.29 is 0 Å². The van der Waals surface area contributed by atoms with Gasteiger partial charge in [-0.15, -0.1) is 0 Å². The first-order valence-corrected chi connectivity index (χ1v) is 7.44. The van der Waals surface area contributed by atoms with Gasteiger partial charge in [0, 0.05) is 31.2 Å². The molecule has 2 rings (SSSR count). The Bertz CT molecular complexity index is 454. The van der Waals surface area contributed by atoms with E-state index in [9.17, 15) is 0 Å². The van der Waals surface area contributed by atoms with Crippen LogP contribution in [0.4, 0.5) is 11.6 Å². The van der Waals surface area contributed by atoms with Gasteiger partial charge in [0.05, 0.1) is 0 Å². The third-order valence-electron chi connectivity index (χ3n) is 4.53. The standard InChI is InChI=1S/C15H27N5/c1-6-16-13-12(2)14(18-11-17-13)20(5)10-15(19(3)4)8-7-9-15/h11H,6-10H2,1-5H3,(H,16,17,18). The Morgan fingerprint density at radius 3 is 2.45 bits per heavy atom. The summed E-state index contributed by atoms with van der Waals surface area (Å²) in [5, 5.41) is 3.30. The second-order valence-corrected chi connectivity index (χ2v) is 6.03. The summed E-state index contributed by atoms with van der Waals surface area (Å²) < 4.78 is 0. The highest BCUT2D eigenvalue weighted by Crippen LogP contribution is 2.37. The van der Waals surface area contributed by atoms with E-state index in [1.54, 1.807) is 6.33 Å². The molecule has 0 spiro atoms. The molecule has 0 radical (unpaired) electrons. The Morgan fingerprint density at radius 1 is 1.25 bits per heavy atom. The Balaban J connectivity index is 2.17. The number of aromatic nitrogens is 2. The van der Waals surface area contributed by atoms with Crippen LogP contribution in [0.2, 0.25) is 0 Å². The van der Waals surface area contributed by atoms with Crippen molar-refractivity contribution in [1.82, 2.24) is 14.9 Å². The maximum absolute atomic E-state index is 4.48. The zero-order valence-corrected chi connectivity index (χ0v) is 13.4. The molecule has 1 heterocycles. The first kappa shape index (κ1) is 15.0. The largest absolute Gasteiger partial charge is 0.370 e. The summed E-state index contributed by atoms with van der Waals surface area (Å²) in [5.41, 5.74) is 1.44. The summed E-state index contributed by atoms with van der Waals surface area (Å²) in [5.74, 6) is 1.97. The van der Waals surface area contributed by atoms with Crippen LogP contribution in [0, 0.1) is 6.92 Å². The molecule has 5 heteroatoms. The van der Waals surface area contributed by atoms with Gasteiger partial charge in [0.15, 0.2) is 0 Å². The van der Waals surface area contributed by atoms with Crippen molar-refractivity contribution in [2.75, 3.05) is 44.4 Å². The minimum Gasteiger partial charge on any atom is -0.370 e. The Morgan fingerprint density at radius 2 is 1.95 bits per heavy atom. The van der Waals surface area contributed by atoms with E-state index in [2.05, 4.69) is 60.1 Å². The molecule has 1 saturated carbocycles. The predicted molar refractivity (Wildman–Crippen MR) is 84.5 cm³/mol. The molecule has 0 aliphatic heterocycles. The van der Waals surface area contributed by atoms with Crippen LogP contribution in [0.3, 0.4) is 0 Å². The van der Waals surface area contributed by atoms with Gasteiger partial charge in [-0.25, -0.2) is 9.97 Å². The molecule has 1 aliphatic carbocycles. The zero-order chi connectivity index (χ0) is 14.8. The lowest BCUT2D eigenvalue weighted by Gasteiger charge is -2.49. The van der Waals surface area contributed by atoms with Crippen molar-refractivity contribution in [2.24, 2.45) is 0 Å². The third kappa shape index (κ3) is 2.73. The van der Waals surface area contributed by atoms with E-state index >= 15 is 0 Å². The first-order valence-electron chi connectivity index (χ1n) is 7.44. The third-order valence-corrected chi connectivity index (χ3v) is 4.53. The molecule has 0 unspecified atom stereocenters. The minimum atomic E-state index is 0.310. The quantitative estimate of drug-likeness (QED) is 0.863. The van der Waals surface area contributed by atoms with Gasteiger partial charge in [-0.1, -0.05) is 0 Å². The van der Waals surface area contributed by atoms with E-state index in [0.29, 0.717) is 5.54 Å². The molecular formula is C15H27N5. The second-order valence-electron chi connectivity index (χ2n) is 6.03. The van der Waals surface area contributed by atoms with E-state index in [0.717, 1.165) is 30.3 Å². The maximum Gasteiger partial charge on any atom is 0.136 e. The molecule has 0 amide bonds. The van der Waals surface area contributed by atoms with Gasteiger partial charge < -0.3 is 15.1 Å². The van der Waals surface area contributed by atoms with Crippen molar-refractivity contribution in [3.63, 3.8) is 0 Å². The van der Waals surface area contributed by atoms with Crippen LogP contribution in [0.25, 0.3) is 0 Å². The van der Waals surface area contributed by atoms with Crippen LogP contribution in [0.5, 0.6) is 0 Å². The average Bonchev–Trinajstić information content (AvgIpc) is 2.36. The van der Waals surface area contributed by atoms with E-state index in [1.807, 2.05) is 0 Å². The van der Waals surface area contributed by atoms with Crippen molar-refractivity contribution in [1.29, 1.82) is 0 Å². The van der Waals surface area contributed by atoms with Crippen LogP contribution in [0.1, 0.15) is 31.7 Å². The molecule has 20 heavy (non-hydrogen) atoms. The summed E-state index contributed by atoms with van der Waals surface area (Å²) >= 11 is 0. The van der Waals surface area contributed by atoms with E-state index in [-0.39, 0.29) is 0 Å². The molecule has 0 saturated heterocycles. The van der Waals surface area contributed by atoms with Crippen LogP contribution in [-0.4, -0.2) is 54.6 Å². The second kappa shape index (κ2) is 5.95. The van der Waals surface area contributed by atoms with Gasteiger partial charge in [0.2, 0.25) is 0 Å². The summed E-state index contributed by atoms with van der Waals surface area (Å²) in [7, 11) is 6.50. The van der Waals surface area contributed by atoms with Crippen molar-refractivity contribution in [2.45, 2.75) is 38.6 Å². The smallest absolute Gasteiger partial charge is 0.136 e. The number of anilines is 2. The van der Waals surface area contributed by atoms with Crippen molar-refractivity contribution in [3.05, 3.63) is 11.9 Å². The summed E-state index contributed by atoms with van der Waals surface area (Å²) in [6.45, 7) is 6.07. The fourth-order valence-corrected chi connectivity index (χ4v) is 3.02. The molecular weight excluding hydrogens is 250 g/mol. The number of hydrogen-bond donors (Lipinski definition) is 1. The lowest BCUT2D eigenvalue weighted by molar-refractivity contribution is 0.0681. The van der Waals surface area contributed by atoms with Crippen LogP contribution in [-0.2, 0) is 0 Å². The van der Waals surface area contributed by atoms with Gasteiger partial charge in [-0.2, -0.15) is 0 Å². The van der Waals surface area contributed by atoms with Gasteiger partial charge in [-0.3, -0.25) is 0 Å². The summed E-state index contributed by atoms with van der Waals surface area (Å²) in [6, 6.07) is 0. The lowest BCUT2D eigenvalue weighted by Crippen LogP contribution is -2.57. The maximum atomic E-state index is 4.48. The lowest BCUT2D eigenvalue weighted by atomic mass is 9.75. The number of nitrogens with one attached hydrogen (secondary N) is 1. The molecule has 0 aromatic carbocycles. The molecule has 0 bridgehead atoms. The summed E-state index contributed by atoms with van der Waals surface area (Å²) in [4.78, 5) is 13.4. The number of likely N-dealkylation sites (N-methyl/N-ethyl adjacent to an activating group) is 2. The number of nitrogens with zero attached hydrogens (tertiary/aromatic N) is 4. The predicted octanol–water partition coefficient (Wildman–Crippen LogP) is 2.14. The fraction of sp³-hybridized carbons (Fsp3) is 0.733. The normalized spacial score (nSPS) is 16.9. The molecule has 112 valence electrons. The Hall–Kier alpha value is -1.36. The summed E-state index contributed by atoms with van der Waals surface area (Å²) in [6.07, 6.45) is 5.53. The number of rotatable bonds is 6. The van der Waals surface area contributed by atoms with Crippen LogP contribution >= 0.6 is 0 Å². The molecule has 1 aromatic heterocycles. The topological polar surface area (TPSA) is 44.3 Å². The molecule has 0 atom stereocenters. The fourth-order valence-electron chi connectivity index (χ4n) is 3.02. The van der Waals surface area contributed by atoms with Crippen molar-refractivity contribution >= 4 is 11.6 Å². The highest BCUT2D eigenvalue weighted by molar-refractivity contribution is 5.57. The first-order chi connectivity index (χ1) is 9.50. The molecule has 1 fully saturated rings.